The number of benzene rings is 1. The zero-order valence-corrected chi connectivity index (χ0v) is 12.4. The standard InChI is InChI=1S/C15H19N3O3/c1-4-18(11-6-8-12(9-7-11)21-5-2)15(20)13-10-14(19)16-17(13)3/h6-10H,4-5H2,1-3H3,(H,16,19). The maximum atomic E-state index is 12.5. The van der Waals surface area contributed by atoms with Crippen molar-refractivity contribution in [3.05, 3.63) is 46.4 Å². The fourth-order valence-electron chi connectivity index (χ4n) is 2.15. The largest absolute Gasteiger partial charge is 0.494 e. The fraction of sp³-hybridized carbons (Fsp3) is 0.333. The molecule has 1 aromatic carbocycles. The van der Waals surface area contributed by atoms with Crippen LogP contribution in [0.5, 0.6) is 5.75 Å². The Morgan fingerprint density at radius 2 is 1.95 bits per heavy atom. The minimum Gasteiger partial charge on any atom is -0.494 e. The third-order valence-corrected chi connectivity index (χ3v) is 3.15. The maximum Gasteiger partial charge on any atom is 0.276 e. The molecular weight excluding hydrogens is 270 g/mol. The highest BCUT2D eigenvalue weighted by Crippen LogP contribution is 2.20. The van der Waals surface area contributed by atoms with E-state index in [2.05, 4.69) is 5.10 Å². The van der Waals surface area contributed by atoms with E-state index in [9.17, 15) is 9.59 Å². The first-order chi connectivity index (χ1) is 10.1. The number of amides is 1. The van der Waals surface area contributed by atoms with Crippen LogP contribution in [0.2, 0.25) is 0 Å². The molecule has 0 radical (unpaired) electrons. The van der Waals surface area contributed by atoms with E-state index in [0.717, 1.165) is 11.4 Å². The molecule has 0 bridgehead atoms. The monoisotopic (exact) mass is 289 g/mol. The number of aromatic nitrogens is 2. The SMILES string of the molecule is CCOc1ccc(N(CC)C(=O)c2cc(=O)[nH]n2C)cc1. The summed E-state index contributed by atoms with van der Waals surface area (Å²) < 4.78 is 6.82. The zero-order chi connectivity index (χ0) is 15.4. The third-order valence-electron chi connectivity index (χ3n) is 3.15. The number of nitrogens with zero attached hydrogens (tertiary/aromatic N) is 2. The molecule has 1 N–H and O–H groups in total. The summed E-state index contributed by atoms with van der Waals surface area (Å²) in [5, 5.41) is 2.54. The van der Waals surface area contributed by atoms with E-state index in [1.54, 1.807) is 11.9 Å². The Balaban J connectivity index is 2.28. The Morgan fingerprint density at radius 1 is 1.29 bits per heavy atom. The van der Waals surface area contributed by atoms with Gasteiger partial charge in [0.15, 0.2) is 0 Å². The van der Waals surface area contributed by atoms with Gasteiger partial charge >= 0.3 is 0 Å². The summed E-state index contributed by atoms with van der Waals surface area (Å²) in [7, 11) is 1.64. The number of H-pyrrole nitrogens is 1. The van der Waals surface area contributed by atoms with E-state index < -0.39 is 0 Å². The van der Waals surface area contributed by atoms with E-state index in [4.69, 9.17) is 4.74 Å². The van der Waals surface area contributed by atoms with Crippen LogP contribution in [0.3, 0.4) is 0 Å². The summed E-state index contributed by atoms with van der Waals surface area (Å²) in [5.74, 6) is 0.543. The van der Waals surface area contributed by atoms with Crippen molar-refractivity contribution in [2.75, 3.05) is 18.1 Å². The summed E-state index contributed by atoms with van der Waals surface area (Å²) in [4.78, 5) is 25.5. The van der Waals surface area contributed by atoms with Gasteiger partial charge in [0.1, 0.15) is 11.4 Å². The molecule has 6 heteroatoms. The molecule has 6 nitrogen and oxygen atoms in total. The molecule has 1 amide bonds. The van der Waals surface area contributed by atoms with Crippen LogP contribution >= 0.6 is 0 Å². The molecule has 112 valence electrons. The first-order valence-electron chi connectivity index (χ1n) is 6.87. The normalized spacial score (nSPS) is 10.4. The van der Waals surface area contributed by atoms with Crippen LogP contribution in [-0.2, 0) is 7.05 Å². The van der Waals surface area contributed by atoms with Gasteiger partial charge in [-0.1, -0.05) is 0 Å². The number of rotatable bonds is 5. The molecule has 1 aromatic heterocycles. The number of hydrogen-bond acceptors (Lipinski definition) is 3. The molecule has 0 spiro atoms. The van der Waals surface area contributed by atoms with Gasteiger partial charge in [-0.15, -0.1) is 0 Å². The number of hydrogen-bond donors (Lipinski definition) is 1. The summed E-state index contributed by atoms with van der Waals surface area (Å²) >= 11 is 0. The zero-order valence-electron chi connectivity index (χ0n) is 12.4. The predicted molar refractivity (Wildman–Crippen MR) is 81.0 cm³/mol. The highest BCUT2D eigenvalue weighted by molar-refractivity contribution is 6.04. The smallest absolute Gasteiger partial charge is 0.276 e. The van der Waals surface area contributed by atoms with Crippen LogP contribution in [0.15, 0.2) is 35.1 Å². The number of carbonyl (C=O) groups excluding carboxylic acids is 1. The van der Waals surface area contributed by atoms with Crippen molar-refractivity contribution in [1.29, 1.82) is 0 Å². The Bertz CT molecular complexity index is 670. The number of ether oxygens (including phenoxy) is 1. The Kier molecular flexibility index (Phi) is 4.47. The van der Waals surface area contributed by atoms with Crippen molar-refractivity contribution in [1.82, 2.24) is 9.78 Å². The van der Waals surface area contributed by atoms with Crippen molar-refractivity contribution in [3.8, 4) is 5.75 Å². The van der Waals surface area contributed by atoms with Crippen molar-refractivity contribution in [2.24, 2.45) is 7.05 Å². The van der Waals surface area contributed by atoms with Crippen molar-refractivity contribution < 1.29 is 9.53 Å². The number of aromatic amines is 1. The van der Waals surface area contributed by atoms with Gasteiger partial charge < -0.3 is 9.64 Å². The average Bonchev–Trinajstić information content (AvgIpc) is 2.80. The summed E-state index contributed by atoms with van der Waals surface area (Å²) in [6.45, 7) is 4.91. The molecule has 0 fully saturated rings. The van der Waals surface area contributed by atoms with E-state index in [1.807, 2.05) is 38.1 Å². The molecule has 21 heavy (non-hydrogen) atoms. The van der Waals surface area contributed by atoms with Crippen LogP contribution in [0.4, 0.5) is 5.69 Å². The van der Waals surface area contributed by atoms with Gasteiger partial charge in [-0.2, -0.15) is 0 Å². The van der Waals surface area contributed by atoms with E-state index in [1.165, 1.54) is 10.7 Å². The lowest BCUT2D eigenvalue weighted by Crippen LogP contribution is -2.32. The second kappa shape index (κ2) is 6.30. The van der Waals surface area contributed by atoms with Crippen molar-refractivity contribution in [3.63, 3.8) is 0 Å². The summed E-state index contributed by atoms with van der Waals surface area (Å²) in [6.07, 6.45) is 0. The molecule has 0 saturated carbocycles. The minimum absolute atomic E-state index is 0.220. The Morgan fingerprint density at radius 3 is 2.43 bits per heavy atom. The molecule has 0 aliphatic heterocycles. The number of carbonyl (C=O) groups is 1. The number of nitrogens with one attached hydrogen (secondary N) is 1. The van der Waals surface area contributed by atoms with Crippen LogP contribution in [-0.4, -0.2) is 28.8 Å². The first-order valence-corrected chi connectivity index (χ1v) is 6.87. The van der Waals surface area contributed by atoms with Gasteiger partial charge in [-0.05, 0) is 38.1 Å². The maximum absolute atomic E-state index is 12.5. The van der Waals surface area contributed by atoms with Crippen LogP contribution in [0, 0.1) is 0 Å². The predicted octanol–water partition coefficient (Wildman–Crippen LogP) is 1.78. The quantitative estimate of drug-likeness (QED) is 0.912. The van der Waals surface area contributed by atoms with Gasteiger partial charge in [-0.25, -0.2) is 0 Å². The second-order valence-corrected chi connectivity index (χ2v) is 4.54. The van der Waals surface area contributed by atoms with Crippen LogP contribution in [0.1, 0.15) is 24.3 Å². The van der Waals surface area contributed by atoms with E-state index in [-0.39, 0.29) is 11.5 Å². The molecule has 0 aliphatic rings. The second-order valence-electron chi connectivity index (χ2n) is 4.54. The molecule has 0 unspecified atom stereocenters. The lowest BCUT2D eigenvalue weighted by molar-refractivity contribution is 0.0979. The van der Waals surface area contributed by atoms with Gasteiger partial charge in [0.2, 0.25) is 0 Å². The molecule has 0 aliphatic carbocycles. The molecule has 1 heterocycles. The first kappa shape index (κ1) is 14.9. The highest BCUT2D eigenvalue weighted by atomic mass is 16.5. The van der Waals surface area contributed by atoms with Gasteiger partial charge in [-0.3, -0.25) is 19.4 Å². The van der Waals surface area contributed by atoms with Gasteiger partial charge in [0.05, 0.1) is 6.61 Å². The molecule has 0 atom stereocenters. The highest BCUT2D eigenvalue weighted by Gasteiger charge is 2.19. The minimum atomic E-state index is -0.288. The van der Waals surface area contributed by atoms with Crippen molar-refractivity contribution in [2.45, 2.75) is 13.8 Å². The lowest BCUT2D eigenvalue weighted by Gasteiger charge is -2.21. The molecule has 2 aromatic rings. The average molecular weight is 289 g/mol. The van der Waals surface area contributed by atoms with Crippen LogP contribution < -0.4 is 15.2 Å². The number of anilines is 1. The van der Waals surface area contributed by atoms with Crippen molar-refractivity contribution >= 4 is 11.6 Å². The van der Waals surface area contributed by atoms with Crippen LogP contribution in [0.25, 0.3) is 0 Å². The fourth-order valence-corrected chi connectivity index (χ4v) is 2.15. The van der Waals surface area contributed by atoms with Gasteiger partial charge in [0, 0.05) is 25.3 Å². The lowest BCUT2D eigenvalue weighted by atomic mass is 10.2. The molecule has 0 saturated heterocycles. The summed E-state index contributed by atoms with van der Waals surface area (Å²) in [6, 6.07) is 8.61. The third kappa shape index (κ3) is 3.16. The Hall–Kier alpha value is -2.50. The topological polar surface area (TPSA) is 67.3 Å². The van der Waals surface area contributed by atoms with E-state index >= 15 is 0 Å². The summed E-state index contributed by atoms with van der Waals surface area (Å²) in [5.41, 5.74) is 0.805. The Labute approximate surface area is 122 Å². The molecule has 2 rings (SSSR count). The van der Waals surface area contributed by atoms with E-state index in [0.29, 0.717) is 18.8 Å². The molecular formula is C15H19N3O3. The van der Waals surface area contributed by atoms with Gasteiger partial charge in [0.25, 0.3) is 11.5 Å². The number of aryl methyl sites for hydroxylation is 1.